The number of hydrogen-bond acceptors (Lipinski definition) is 3. The Balaban J connectivity index is 0.00000208. The van der Waals surface area contributed by atoms with E-state index in [4.69, 9.17) is 0 Å². The third kappa shape index (κ3) is 4.71. The number of carbonyl (C=O) groups is 2. The van der Waals surface area contributed by atoms with Crippen molar-refractivity contribution in [3.63, 3.8) is 0 Å². The van der Waals surface area contributed by atoms with E-state index in [2.05, 4.69) is 28.8 Å². The van der Waals surface area contributed by atoms with Crippen LogP contribution in [0.5, 0.6) is 0 Å². The molecule has 2 aliphatic heterocycles. The van der Waals surface area contributed by atoms with Gasteiger partial charge in [0.25, 0.3) is 0 Å². The highest BCUT2D eigenvalue weighted by Crippen LogP contribution is 2.21. The Morgan fingerprint density at radius 3 is 2.92 bits per heavy atom. The van der Waals surface area contributed by atoms with E-state index in [1.807, 2.05) is 6.07 Å². The number of hydrogen-bond donors (Lipinski definition) is 2. The smallest absolute Gasteiger partial charge is 0.239 e. The standard InChI is InChI=1S/C18H25N3O2.ClH/c22-17(13-21-11-5-1-2-8-18(21)23)20-12-16-15-7-4-3-6-14(15)9-10-19-16;/h3-4,6-7,16,19H,1-2,5,8-13H2,(H,20,22);1H. The van der Waals surface area contributed by atoms with Crippen LogP contribution in [0, 0.1) is 0 Å². The van der Waals surface area contributed by atoms with Crippen molar-refractivity contribution in [1.82, 2.24) is 15.5 Å². The van der Waals surface area contributed by atoms with E-state index < -0.39 is 0 Å². The minimum absolute atomic E-state index is 0. The molecule has 2 heterocycles. The fourth-order valence-corrected chi connectivity index (χ4v) is 3.43. The van der Waals surface area contributed by atoms with Gasteiger partial charge < -0.3 is 15.5 Å². The molecule has 24 heavy (non-hydrogen) atoms. The quantitative estimate of drug-likeness (QED) is 0.869. The molecule has 0 bridgehead atoms. The number of halogens is 1. The Bertz CT molecular complexity index is 579. The fraction of sp³-hybridized carbons (Fsp3) is 0.556. The van der Waals surface area contributed by atoms with Crippen LogP contribution in [-0.2, 0) is 16.0 Å². The molecule has 2 aliphatic rings. The summed E-state index contributed by atoms with van der Waals surface area (Å²) >= 11 is 0. The first-order valence-corrected chi connectivity index (χ1v) is 8.60. The highest BCUT2D eigenvalue weighted by molar-refractivity contribution is 5.85. The molecule has 1 fully saturated rings. The normalized spacial score (nSPS) is 20.6. The molecule has 0 radical (unpaired) electrons. The molecule has 1 aromatic rings. The molecule has 0 spiro atoms. The van der Waals surface area contributed by atoms with Crippen LogP contribution in [0.4, 0.5) is 0 Å². The van der Waals surface area contributed by atoms with E-state index in [0.29, 0.717) is 19.5 Å². The highest BCUT2D eigenvalue weighted by atomic mass is 35.5. The second-order valence-electron chi connectivity index (χ2n) is 6.39. The summed E-state index contributed by atoms with van der Waals surface area (Å²) in [6.07, 6.45) is 4.62. The molecule has 1 saturated heterocycles. The van der Waals surface area contributed by atoms with Crippen LogP contribution in [0.1, 0.15) is 42.9 Å². The lowest BCUT2D eigenvalue weighted by molar-refractivity contribution is -0.135. The summed E-state index contributed by atoms with van der Waals surface area (Å²) in [5.41, 5.74) is 2.62. The fourth-order valence-electron chi connectivity index (χ4n) is 3.43. The molecule has 1 atom stereocenters. The Morgan fingerprint density at radius 2 is 2.04 bits per heavy atom. The van der Waals surface area contributed by atoms with Gasteiger partial charge in [-0.15, -0.1) is 12.4 Å². The molecule has 0 aliphatic carbocycles. The first-order chi connectivity index (χ1) is 11.2. The van der Waals surface area contributed by atoms with Gasteiger partial charge in [-0.3, -0.25) is 9.59 Å². The SMILES string of the molecule is Cl.O=C(CN1CCCCCC1=O)NCC1NCCc2ccccc21. The average molecular weight is 352 g/mol. The summed E-state index contributed by atoms with van der Waals surface area (Å²) in [6, 6.07) is 8.53. The second-order valence-corrected chi connectivity index (χ2v) is 6.39. The van der Waals surface area contributed by atoms with Gasteiger partial charge in [-0.1, -0.05) is 30.7 Å². The average Bonchev–Trinajstić information content (AvgIpc) is 2.77. The van der Waals surface area contributed by atoms with Crippen LogP contribution >= 0.6 is 12.4 Å². The highest BCUT2D eigenvalue weighted by Gasteiger charge is 2.22. The maximum atomic E-state index is 12.2. The summed E-state index contributed by atoms with van der Waals surface area (Å²) in [6.45, 7) is 2.39. The first kappa shape index (κ1) is 18.7. The molecular weight excluding hydrogens is 326 g/mol. The Hall–Kier alpha value is -1.59. The predicted molar refractivity (Wildman–Crippen MR) is 96.2 cm³/mol. The van der Waals surface area contributed by atoms with Gasteiger partial charge in [0, 0.05) is 25.6 Å². The van der Waals surface area contributed by atoms with Gasteiger partial charge in [-0.05, 0) is 36.9 Å². The molecule has 2 amide bonds. The molecular formula is C18H26ClN3O2. The number of carbonyl (C=O) groups excluding carboxylic acids is 2. The number of benzene rings is 1. The molecule has 1 unspecified atom stereocenters. The predicted octanol–water partition coefficient (Wildman–Crippen LogP) is 1.81. The van der Waals surface area contributed by atoms with Crippen molar-refractivity contribution in [3.8, 4) is 0 Å². The molecule has 0 saturated carbocycles. The van der Waals surface area contributed by atoms with Crippen molar-refractivity contribution in [3.05, 3.63) is 35.4 Å². The zero-order valence-electron chi connectivity index (χ0n) is 13.9. The first-order valence-electron chi connectivity index (χ1n) is 8.60. The monoisotopic (exact) mass is 351 g/mol. The second kappa shape index (κ2) is 9.04. The van der Waals surface area contributed by atoms with E-state index in [0.717, 1.165) is 32.2 Å². The number of rotatable bonds is 4. The number of amides is 2. The third-order valence-corrected chi connectivity index (χ3v) is 4.72. The van der Waals surface area contributed by atoms with E-state index in [-0.39, 0.29) is 36.8 Å². The minimum Gasteiger partial charge on any atom is -0.353 e. The van der Waals surface area contributed by atoms with Crippen LogP contribution in [0.2, 0.25) is 0 Å². The summed E-state index contributed by atoms with van der Waals surface area (Å²) in [5.74, 6) is 0.0453. The lowest BCUT2D eigenvalue weighted by Crippen LogP contribution is -2.44. The van der Waals surface area contributed by atoms with Gasteiger partial charge in [-0.2, -0.15) is 0 Å². The van der Waals surface area contributed by atoms with E-state index in [1.165, 1.54) is 11.1 Å². The van der Waals surface area contributed by atoms with Gasteiger partial charge in [0.15, 0.2) is 0 Å². The third-order valence-electron chi connectivity index (χ3n) is 4.72. The zero-order valence-corrected chi connectivity index (χ0v) is 14.7. The summed E-state index contributed by atoms with van der Waals surface area (Å²) < 4.78 is 0. The maximum absolute atomic E-state index is 12.2. The Kier molecular flexibility index (Phi) is 7.06. The number of fused-ring (bicyclic) bond motifs is 1. The van der Waals surface area contributed by atoms with Gasteiger partial charge in [0.1, 0.15) is 0 Å². The van der Waals surface area contributed by atoms with Crippen LogP contribution in [0.15, 0.2) is 24.3 Å². The van der Waals surface area contributed by atoms with Crippen LogP contribution < -0.4 is 10.6 Å². The number of likely N-dealkylation sites (tertiary alicyclic amines) is 1. The minimum atomic E-state index is -0.0647. The Labute approximate surface area is 149 Å². The topological polar surface area (TPSA) is 61.4 Å². The van der Waals surface area contributed by atoms with Crippen molar-refractivity contribution in [2.24, 2.45) is 0 Å². The zero-order chi connectivity index (χ0) is 16.1. The lowest BCUT2D eigenvalue weighted by atomic mass is 9.94. The molecule has 5 nitrogen and oxygen atoms in total. The molecule has 0 aromatic heterocycles. The van der Waals surface area contributed by atoms with Gasteiger partial charge in [0.05, 0.1) is 6.54 Å². The van der Waals surface area contributed by atoms with Crippen molar-refractivity contribution in [2.75, 3.05) is 26.2 Å². The molecule has 6 heteroatoms. The summed E-state index contributed by atoms with van der Waals surface area (Å²) in [5, 5.41) is 6.44. The van der Waals surface area contributed by atoms with Crippen LogP contribution in [0.3, 0.4) is 0 Å². The molecule has 2 N–H and O–H groups in total. The van der Waals surface area contributed by atoms with E-state index in [1.54, 1.807) is 4.90 Å². The largest absolute Gasteiger partial charge is 0.353 e. The summed E-state index contributed by atoms with van der Waals surface area (Å²) in [7, 11) is 0. The van der Waals surface area contributed by atoms with Crippen molar-refractivity contribution < 1.29 is 9.59 Å². The lowest BCUT2D eigenvalue weighted by Gasteiger charge is -2.27. The van der Waals surface area contributed by atoms with E-state index in [9.17, 15) is 9.59 Å². The summed E-state index contributed by atoms with van der Waals surface area (Å²) in [4.78, 5) is 25.8. The molecule has 132 valence electrons. The van der Waals surface area contributed by atoms with E-state index >= 15 is 0 Å². The van der Waals surface area contributed by atoms with Gasteiger partial charge >= 0.3 is 0 Å². The van der Waals surface area contributed by atoms with Crippen molar-refractivity contribution in [2.45, 2.75) is 38.1 Å². The maximum Gasteiger partial charge on any atom is 0.239 e. The number of nitrogens with one attached hydrogen (secondary N) is 2. The van der Waals surface area contributed by atoms with Crippen molar-refractivity contribution in [1.29, 1.82) is 0 Å². The van der Waals surface area contributed by atoms with Gasteiger partial charge in [0.2, 0.25) is 11.8 Å². The number of nitrogens with zero attached hydrogens (tertiary/aromatic N) is 1. The molecule has 1 aromatic carbocycles. The van der Waals surface area contributed by atoms with Gasteiger partial charge in [-0.25, -0.2) is 0 Å². The van der Waals surface area contributed by atoms with Crippen LogP contribution in [-0.4, -0.2) is 42.9 Å². The van der Waals surface area contributed by atoms with Crippen molar-refractivity contribution >= 4 is 24.2 Å². The van der Waals surface area contributed by atoms with Crippen LogP contribution in [0.25, 0.3) is 0 Å². The Morgan fingerprint density at radius 1 is 1.21 bits per heavy atom. The molecule has 3 rings (SSSR count).